The van der Waals surface area contributed by atoms with Crippen molar-refractivity contribution in [3.05, 3.63) is 53.8 Å². The molecule has 10 heteroatoms. The maximum Gasteiger partial charge on any atom is 0.325 e. The maximum absolute atomic E-state index is 12.0. The summed E-state index contributed by atoms with van der Waals surface area (Å²) in [6.45, 7) is 2.79. The number of primary amides is 1. The third-order valence-corrected chi connectivity index (χ3v) is 5.97. The summed E-state index contributed by atoms with van der Waals surface area (Å²) in [5.41, 5.74) is 6.96. The molecule has 0 spiro atoms. The Balaban J connectivity index is 1.69. The van der Waals surface area contributed by atoms with Crippen LogP contribution in [0.25, 0.3) is 11.4 Å². The molecule has 0 aliphatic carbocycles. The molecular weight excluding hydrogens is 436 g/mol. The summed E-state index contributed by atoms with van der Waals surface area (Å²) < 4.78 is 5.46. The van der Waals surface area contributed by atoms with Gasteiger partial charge in [-0.2, -0.15) is 0 Å². The molecule has 1 fully saturated rings. The molecule has 0 atom stereocenters. The van der Waals surface area contributed by atoms with Crippen molar-refractivity contribution in [2.75, 3.05) is 42.4 Å². The number of carbonyl (C=O) groups excluding carboxylic acids is 1. The first-order chi connectivity index (χ1) is 15.1. The Kier molecular flexibility index (Phi) is 6.55. The quantitative estimate of drug-likeness (QED) is 0.458. The fourth-order valence-corrected chi connectivity index (χ4v) is 4.29. The van der Waals surface area contributed by atoms with E-state index in [9.17, 15) is 4.79 Å². The lowest BCUT2D eigenvalue weighted by Crippen LogP contribution is -2.37. The van der Waals surface area contributed by atoms with E-state index < -0.39 is 6.03 Å². The van der Waals surface area contributed by atoms with Gasteiger partial charge in [0, 0.05) is 24.8 Å². The summed E-state index contributed by atoms with van der Waals surface area (Å²) in [6.07, 6.45) is 3.56. The maximum atomic E-state index is 12.0. The number of rotatable bonds is 5. The average Bonchev–Trinajstić information content (AvgIpc) is 2.80. The molecule has 1 aromatic carbocycles. The summed E-state index contributed by atoms with van der Waals surface area (Å²) >= 11 is 8.02. The zero-order valence-electron chi connectivity index (χ0n) is 16.9. The summed E-state index contributed by atoms with van der Waals surface area (Å²) in [5, 5.41) is 0.412. The number of amides is 2. The van der Waals surface area contributed by atoms with Gasteiger partial charge in [0.2, 0.25) is 0 Å². The molecule has 1 aliphatic heterocycles. The second kappa shape index (κ2) is 9.51. The van der Waals surface area contributed by atoms with Gasteiger partial charge in [0.05, 0.1) is 23.8 Å². The highest BCUT2D eigenvalue weighted by Gasteiger charge is 2.21. The smallest absolute Gasteiger partial charge is 0.325 e. The van der Waals surface area contributed by atoms with Gasteiger partial charge in [0.15, 0.2) is 5.82 Å². The molecule has 1 aliphatic rings. The van der Waals surface area contributed by atoms with Crippen LogP contribution in [0.3, 0.4) is 0 Å². The second-order valence-corrected chi connectivity index (χ2v) is 7.88. The van der Waals surface area contributed by atoms with Crippen LogP contribution in [0.4, 0.5) is 22.1 Å². The second-order valence-electron chi connectivity index (χ2n) is 6.70. The van der Waals surface area contributed by atoms with E-state index in [2.05, 4.69) is 14.9 Å². The van der Waals surface area contributed by atoms with Gasteiger partial charge in [-0.15, -0.1) is 11.8 Å². The number of thioether (sulfide) groups is 1. The molecule has 0 saturated carbocycles. The van der Waals surface area contributed by atoms with E-state index in [0.717, 1.165) is 29.4 Å². The number of carbonyl (C=O) groups is 1. The number of aromatic nitrogens is 3. The van der Waals surface area contributed by atoms with Crippen molar-refractivity contribution in [1.82, 2.24) is 15.0 Å². The van der Waals surface area contributed by atoms with Crippen molar-refractivity contribution in [3.8, 4) is 11.4 Å². The molecule has 3 heterocycles. The Labute approximate surface area is 189 Å². The Morgan fingerprint density at radius 3 is 2.52 bits per heavy atom. The van der Waals surface area contributed by atoms with Crippen LogP contribution in [0, 0.1) is 0 Å². The number of morpholine rings is 1. The molecule has 8 nitrogen and oxygen atoms in total. The number of pyridine rings is 1. The van der Waals surface area contributed by atoms with Crippen LogP contribution in [0.2, 0.25) is 5.15 Å². The van der Waals surface area contributed by atoms with E-state index in [-0.39, 0.29) is 0 Å². The number of ether oxygens (including phenoxy) is 1. The summed E-state index contributed by atoms with van der Waals surface area (Å²) in [7, 11) is 0. The molecule has 2 amide bonds. The van der Waals surface area contributed by atoms with Gasteiger partial charge in [0.1, 0.15) is 16.8 Å². The molecule has 3 aromatic rings. The van der Waals surface area contributed by atoms with Crippen LogP contribution in [-0.4, -0.2) is 53.5 Å². The number of benzene rings is 1. The SMILES string of the molecule is CSc1c(Cl)nc(-c2ccc(N(C(N)=O)c3ccccn3)cc2)nc1N1CCOCC1. The van der Waals surface area contributed by atoms with Gasteiger partial charge in [-0.25, -0.2) is 24.6 Å². The molecule has 0 bridgehead atoms. The van der Waals surface area contributed by atoms with Crippen LogP contribution in [-0.2, 0) is 4.74 Å². The van der Waals surface area contributed by atoms with Crippen molar-refractivity contribution in [1.29, 1.82) is 0 Å². The van der Waals surface area contributed by atoms with E-state index in [4.69, 9.17) is 27.1 Å². The van der Waals surface area contributed by atoms with Crippen LogP contribution in [0.1, 0.15) is 0 Å². The molecule has 4 rings (SSSR count). The predicted molar refractivity (Wildman–Crippen MR) is 123 cm³/mol. The Hall–Kier alpha value is -2.88. The summed E-state index contributed by atoms with van der Waals surface area (Å²) in [4.78, 5) is 29.9. The van der Waals surface area contributed by atoms with Gasteiger partial charge in [0.25, 0.3) is 0 Å². The highest BCUT2D eigenvalue weighted by atomic mass is 35.5. The van der Waals surface area contributed by atoms with Crippen LogP contribution < -0.4 is 15.5 Å². The molecule has 1 saturated heterocycles. The number of nitrogens with zero attached hydrogens (tertiary/aromatic N) is 5. The standard InChI is InChI=1S/C21H21ClN6O2S/c1-31-17-18(22)25-19(26-20(17)27-10-12-30-13-11-27)14-5-7-15(8-6-14)28(21(23)29)16-4-2-3-9-24-16/h2-9H,10-13H2,1H3,(H2,23,29). The molecule has 2 N–H and O–H groups in total. The van der Waals surface area contributed by atoms with Gasteiger partial charge in [-0.1, -0.05) is 17.7 Å². The molecule has 160 valence electrons. The largest absolute Gasteiger partial charge is 0.378 e. The van der Waals surface area contributed by atoms with Gasteiger partial charge >= 0.3 is 6.03 Å². The Bertz CT molecular complexity index is 1060. The first-order valence-corrected chi connectivity index (χ1v) is 11.2. The molecular formula is C21H21ClN6O2S. The van der Waals surface area contributed by atoms with E-state index in [1.807, 2.05) is 18.4 Å². The minimum absolute atomic E-state index is 0.412. The predicted octanol–water partition coefficient (Wildman–Crippen LogP) is 3.97. The topological polar surface area (TPSA) is 97.5 Å². The minimum atomic E-state index is -0.621. The number of hydrogen-bond acceptors (Lipinski definition) is 7. The minimum Gasteiger partial charge on any atom is -0.378 e. The van der Waals surface area contributed by atoms with E-state index in [0.29, 0.717) is 35.7 Å². The lowest BCUT2D eigenvalue weighted by molar-refractivity contribution is 0.122. The number of halogens is 1. The van der Waals surface area contributed by atoms with Gasteiger partial charge in [-0.05, 0) is 42.7 Å². The Morgan fingerprint density at radius 1 is 1.16 bits per heavy atom. The van der Waals surface area contributed by atoms with E-state index in [1.54, 1.807) is 36.5 Å². The first kappa shape index (κ1) is 21.4. The normalized spacial score (nSPS) is 13.8. The van der Waals surface area contributed by atoms with Crippen LogP contribution >= 0.6 is 23.4 Å². The zero-order valence-corrected chi connectivity index (χ0v) is 18.4. The zero-order chi connectivity index (χ0) is 21.8. The molecule has 0 radical (unpaired) electrons. The first-order valence-electron chi connectivity index (χ1n) is 9.63. The average molecular weight is 457 g/mol. The highest BCUT2D eigenvalue weighted by molar-refractivity contribution is 7.98. The van der Waals surface area contributed by atoms with Crippen molar-refractivity contribution >= 4 is 46.7 Å². The third-order valence-electron chi connectivity index (χ3n) is 4.80. The van der Waals surface area contributed by atoms with Gasteiger partial charge in [-0.3, -0.25) is 0 Å². The lowest BCUT2D eigenvalue weighted by Gasteiger charge is -2.29. The van der Waals surface area contributed by atoms with E-state index >= 15 is 0 Å². The monoisotopic (exact) mass is 456 g/mol. The molecule has 2 aromatic heterocycles. The molecule has 31 heavy (non-hydrogen) atoms. The van der Waals surface area contributed by atoms with Crippen LogP contribution in [0.5, 0.6) is 0 Å². The third kappa shape index (κ3) is 4.58. The number of nitrogens with two attached hydrogens (primary N) is 1. The van der Waals surface area contributed by atoms with Crippen molar-refractivity contribution < 1.29 is 9.53 Å². The number of urea groups is 1. The van der Waals surface area contributed by atoms with E-state index in [1.165, 1.54) is 16.7 Å². The van der Waals surface area contributed by atoms with Crippen molar-refractivity contribution in [2.24, 2.45) is 5.73 Å². The molecule has 0 unspecified atom stereocenters. The Morgan fingerprint density at radius 2 is 1.90 bits per heavy atom. The fourth-order valence-electron chi connectivity index (χ4n) is 3.32. The van der Waals surface area contributed by atoms with Crippen LogP contribution in [0.15, 0.2) is 53.6 Å². The summed E-state index contributed by atoms with van der Waals surface area (Å²) in [5.74, 6) is 1.77. The highest BCUT2D eigenvalue weighted by Crippen LogP contribution is 2.35. The summed E-state index contributed by atoms with van der Waals surface area (Å²) in [6, 6.07) is 11.9. The fraction of sp³-hybridized carbons (Fsp3) is 0.238. The van der Waals surface area contributed by atoms with Gasteiger partial charge < -0.3 is 15.4 Å². The van der Waals surface area contributed by atoms with Crippen molar-refractivity contribution in [3.63, 3.8) is 0 Å². The van der Waals surface area contributed by atoms with Crippen molar-refractivity contribution in [2.45, 2.75) is 4.90 Å². The lowest BCUT2D eigenvalue weighted by atomic mass is 10.2. The number of hydrogen-bond donors (Lipinski definition) is 1. The number of anilines is 3.